The predicted octanol–water partition coefficient (Wildman–Crippen LogP) is 5.24. The molecule has 3 rings (SSSR count). The fourth-order valence-corrected chi connectivity index (χ4v) is 4.01. The maximum absolute atomic E-state index is 6.02. The standard InChI is InChI=1S/C17H23BrO/c1-17(2)11-19-16-13(9-14(18)10-15(16)17)8-12-6-4-3-5-7-12/h9-10,12H,3-8,11H2,1-2H3. The molecule has 1 saturated carbocycles. The number of ether oxygens (including phenoxy) is 1. The van der Waals surface area contributed by atoms with Gasteiger partial charge in [0.1, 0.15) is 5.75 Å². The average Bonchev–Trinajstić information content (AvgIpc) is 2.67. The highest BCUT2D eigenvalue weighted by Gasteiger charge is 2.34. The number of benzene rings is 1. The van der Waals surface area contributed by atoms with E-state index in [1.165, 1.54) is 59.9 Å². The zero-order valence-corrected chi connectivity index (χ0v) is 13.6. The Labute approximate surface area is 124 Å². The van der Waals surface area contributed by atoms with Gasteiger partial charge in [0.05, 0.1) is 6.61 Å². The minimum atomic E-state index is 0.153. The Hall–Kier alpha value is -0.500. The molecule has 0 radical (unpaired) electrons. The Morgan fingerprint density at radius 1 is 1.21 bits per heavy atom. The number of hydrogen-bond donors (Lipinski definition) is 0. The molecule has 1 aromatic carbocycles. The van der Waals surface area contributed by atoms with Crippen LogP contribution in [0.4, 0.5) is 0 Å². The third-order valence-electron chi connectivity index (χ3n) is 4.67. The lowest BCUT2D eigenvalue weighted by Crippen LogP contribution is -2.18. The van der Waals surface area contributed by atoms with Crippen LogP contribution in [0.5, 0.6) is 5.75 Å². The highest BCUT2D eigenvalue weighted by atomic mass is 79.9. The second-order valence-corrected chi connectivity index (χ2v) is 7.74. The maximum Gasteiger partial charge on any atom is 0.126 e. The quantitative estimate of drug-likeness (QED) is 0.723. The molecule has 0 atom stereocenters. The molecule has 0 N–H and O–H groups in total. The smallest absolute Gasteiger partial charge is 0.126 e. The van der Waals surface area contributed by atoms with Crippen molar-refractivity contribution in [3.8, 4) is 5.75 Å². The first kappa shape index (κ1) is 13.5. The van der Waals surface area contributed by atoms with Crippen LogP contribution in [0.2, 0.25) is 0 Å². The van der Waals surface area contributed by atoms with Gasteiger partial charge in [-0.3, -0.25) is 0 Å². The number of fused-ring (bicyclic) bond motifs is 1. The molecule has 2 aliphatic rings. The van der Waals surface area contributed by atoms with E-state index in [0.717, 1.165) is 12.5 Å². The minimum Gasteiger partial charge on any atom is -0.492 e. The minimum absolute atomic E-state index is 0.153. The lowest BCUT2D eigenvalue weighted by molar-refractivity contribution is 0.286. The van der Waals surface area contributed by atoms with Crippen LogP contribution in [0.3, 0.4) is 0 Å². The summed E-state index contributed by atoms with van der Waals surface area (Å²) in [6, 6.07) is 4.52. The molecule has 1 aliphatic carbocycles. The number of hydrogen-bond acceptors (Lipinski definition) is 1. The first-order valence-electron chi connectivity index (χ1n) is 7.52. The van der Waals surface area contributed by atoms with Crippen molar-refractivity contribution in [1.82, 2.24) is 0 Å². The second-order valence-electron chi connectivity index (χ2n) is 6.82. The molecular weight excluding hydrogens is 300 g/mol. The van der Waals surface area contributed by atoms with Gasteiger partial charge in [-0.15, -0.1) is 0 Å². The highest BCUT2D eigenvalue weighted by molar-refractivity contribution is 9.10. The van der Waals surface area contributed by atoms with Crippen LogP contribution in [-0.2, 0) is 11.8 Å². The van der Waals surface area contributed by atoms with E-state index in [1.54, 1.807) is 0 Å². The molecule has 1 aromatic rings. The molecule has 0 saturated heterocycles. The van der Waals surface area contributed by atoms with E-state index in [9.17, 15) is 0 Å². The van der Waals surface area contributed by atoms with Crippen LogP contribution in [-0.4, -0.2) is 6.61 Å². The zero-order chi connectivity index (χ0) is 13.5. The highest BCUT2D eigenvalue weighted by Crippen LogP contribution is 2.44. The van der Waals surface area contributed by atoms with Gasteiger partial charge in [-0.2, -0.15) is 0 Å². The largest absolute Gasteiger partial charge is 0.492 e. The third kappa shape index (κ3) is 2.69. The molecular formula is C17H23BrO. The van der Waals surface area contributed by atoms with Crippen molar-refractivity contribution in [1.29, 1.82) is 0 Å². The summed E-state index contributed by atoms with van der Waals surface area (Å²) in [5, 5.41) is 0. The van der Waals surface area contributed by atoms with Crippen LogP contribution >= 0.6 is 15.9 Å². The topological polar surface area (TPSA) is 9.23 Å². The molecule has 1 heterocycles. The van der Waals surface area contributed by atoms with Gasteiger partial charge in [0.2, 0.25) is 0 Å². The lowest BCUT2D eigenvalue weighted by atomic mass is 9.82. The van der Waals surface area contributed by atoms with Gasteiger partial charge >= 0.3 is 0 Å². The molecule has 0 aromatic heterocycles. The van der Waals surface area contributed by atoms with Crippen LogP contribution in [0.1, 0.15) is 57.1 Å². The van der Waals surface area contributed by atoms with Gasteiger partial charge in [0, 0.05) is 15.5 Å². The van der Waals surface area contributed by atoms with E-state index in [4.69, 9.17) is 4.74 Å². The normalized spacial score (nSPS) is 22.1. The van der Waals surface area contributed by atoms with Crippen LogP contribution in [0.25, 0.3) is 0 Å². The van der Waals surface area contributed by atoms with Crippen molar-refractivity contribution < 1.29 is 4.74 Å². The van der Waals surface area contributed by atoms with Gasteiger partial charge in [0.15, 0.2) is 0 Å². The molecule has 0 amide bonds. The van der Waals surface area contributed by atoms with Gasteiger partial charge in [-0.05, 0) is 30.0 Å². The molecule has 19 heavy (non-hydrogen) atoms. The van der Waals surface area contributed by atoms with Crippen molar-refractivity contribution in [3.05, 3.63) is 27.7 Å². The Balaban J connectivity index is 1.89. The number of rotatable bonds is 2. The van der Waals surface area contributed by atoms with E-state index in [2.05, 4.69) is 41.9 Å². The Morgan fingerprint density at radius 2 is 1.95 bits per heavy atom. The molecule has 1 aliphatic heterocycles. The van der Waals surface area contributed by atoms with Crippen molar-refractivity contribution >= 4 is 15.9 Å². The predicted molar refractivity (Wildman–Crippen MR) is 82.9 cm³/mol. The van der Waals surface area contributed by atoms with E-state index in [0.29, 0.717) is 0 Å². The maximum atomic E-state index is 6.02. The number of halogens is 1. The van der Waals surface area contributed by atoms with Crippen molar-refractivity contribution in [2.24, 2.45) is 5.92 Å². The molecule has 0 unspecified atom stereocenters. The third-order valence-corrected chi connectivity index (χ3v) is 5.13. The van der Waals surface area contributed by atoms with E-state index < -0.39 is 0 Å². The summed E-state index contributed by atoms with van der Waals surface area (Å²) >= 11 is 3.68. The van der Waals surface area contributed by atoms with Gasteiger partial charge in [-0.25, -0.2) is 0 Å². The van der Waals surface area contributed by atoms with E-state index >= 15 is 0 Å². The van der Waals surface area contributed by atoms with Crippen LogP contribution in [0, 0.1) is 5.92 Å². The van der Waals surface area contributed by atoms with Crippen molar-refractivity contribution in [2.45, 2.75) is 57.8 Å². The van der Waals surface area contributed by atoms with E-state index in [1.807, 2.05) is 0 Å². The first-order valence-corrected chi connectivity index (χ1v) is 8.31. The van der Waals surface area contributed by atoms with E-state index in [-0.39, 0.29) is 5.41 Å². The van der Waals surface area contributed by atoms with Crippen LogP contribution < -0.4 is 4.74 Å². The summed E-state index contributed by atoms with van der Waals surface area (Å²) in [5.74, 6) is 2.04. The molecule has 2 heteroatoms. The van der Waals surface area contributed by atoms with Gasteiger partial charge < -0.3 is 4.74 Å². The molecule has 0 spiro atoms. The van der Waals surface area contributed by atoms with Crippen molar-refractivity contribution in [3.63, 3.8) is 0 Å². The molecule has 1 nitrogen and oxygen atoms in total. The summed E-state index contributed by atoms with van der Waals surface area (Å²) in [5.41, 5.74) is 2.95. The second kappa shape index (κ2) is 5.12. The summed E-state index contributed by atoms with van der Waals surface area (Å²) < 4.78 is 7.22. The van der Waals surface area contributed by atoms with Crippen LogP contribution in [0.15, 0.2) is 16.6 Å². The fraction of sp³-hybridized carbons (Fsp3) is 0.647. The van der Waals surface area contributed by atoms with Crippen molar-refractivity contribution in [2.75, 3.05) is 6.61 Å². The Bertz CT molecular complexity index is 472. The van der Waals surface area contributed by atoms with Gasteiger partial charge in [-0.1, -0.05) is 61.9 Å². The summed E-state index contributed by atoms with van der Waals surface area (Å²) in [6.45, 7) is 5.36. The monoisotopic (exact) mass is 322 g/mol. The summed E-state index contributed by atoms with van der Waals surface area (Å²) in [7, 11) is 0. The fourth-order valence-electron chi connectivity index (χ4n) is 3.51. The summed E-state index contributed by atoms with van der Waals surface area (Å²) in [6.07, 6.45) is 8.23. The molecule has 1 fully saturated rings. The SMILES string of the molecule is CC1(C)COc2c(CC3CCCCC3)cc(Br)cc21. The Morgan fingerprint density at radius 3 is 2.68 bits per heavy atom. The summed E-state index contributed by atoms with van der Waals surface area (Å²) in [4.78, 5) is 0. The Kier molecular flexibility index (Phi) is 3.63. The van der Waals surface area contributed by atoms with Gasteiger partial charge in [0.25, 0.3) is 0 Å². The molecule has 104 valence electrons. The average molecular weight is 323 g/mol. The molecule has 0 bridgehead atoms. The first-order chi connectivity index (χ1) is 9.06. The lowest BCUT2D eigenvalue weighted by Gasteiger charge is -2.23. The zero-order valence-electron chi connectivity index (χ0n) is 12.0.